The number of ether oxygens (including phenoxy) is 1. The Balaban J connectivity index is 0.00000225. The third kappa shape index (κ3) is 4.44. The van der Waals surface area contributed by atoms with Crippen molar-refractivity contribution in [3.05, 3.63) is 42.0 Å². The number of rotatable bonds is 4. The normalized spacial score (nSPS) is 21.2. The van der Waals surface area contributed by atoms with E-state index in [1.165, 1.54) is 0 Å². The van der Waals surface area contributed by atoms with E-state index in [0.717, 1.165) is 41.6 Å². The first-order valence-electron chi connectivity index (χ1n) is 8.67. The van der Waals surface area contributed by atoms with Gasteiger partial charge < -0.3 is 15.4 Å². The van der Waals surface area contributed by atoms with E-state index in [9.17, 15) is 4.79 Å². The number of carbonyl (C=O) groups excluding carboxylic acids is 1. The highest BCUT2D eigenvalue weighted by Crippen LogP contribution is 2.25. The van der Waals surface area contributed by atoms with E-state index in [4.69, 9.17) is 4.74 Å². The molecule has 2 N–H and O–H groups in total. The Hall–Kier alpha value is -1.78. The first kappa shape index (κ1) is 19.5. The molecule has 0 radical (unpaired) electrons. The third-order valence-electron chi connectivity index (χ3n) is 5.12. The molecule has 4 nitrogen and oxygen atoms in total. The van der Waals surface area contributed by atoms with E-state index in [1.807, 2.05) is 31.2 Å². The van der Waals surface area contributed by atoms with Crippen LogP contribution in [-0.2, 0) is 4.79 Å². The van der Waals surface area contributed by atoms with Crippen molar-refractivity contribution in [1.82, 2.24) is 10.6 Å². The minimum atomic E-state index is -0.161. The summed E-state index contributed by atoms with van der Waals surface area (Å²) in [6, 6.07) is 12.4. The summed E-state index contributed by atoms with van der Waals surface area (Å²) in [7, 11) is 1.67. The first-order chi connectivity index (χ1) is 11.6. The van der Waals surface area contributed by atoms with Gasteiger partial charge in [0.2, 0.25) is 5.91 Å². The minimum absolute atomic E-state index is 0. The van der Waals surface area contributed by atoms with Crippen LogP contribution in [0.15, 0.2) is 36.4 Å². The van der Waals surface area contributed by atoms with Crippen molar-refractivity contribution in [2.24, 2.45) is 5.92 Å². The molecule has 0 bridgehead atoms. The molecule has 1 amide bonds. The van der Waals surface area contributed by atoms with Crippen molar-refractivity contribution in [2.75, 3.05) is 20.2 Å². The maximum atomic E-state index is 12.6. The molecule has 3 rings (SSSR count). The van der Waals surface area contributed by atoms with Gasteiger partial charge in [-0.1, -0.05) is 31.2 Å². The Labute approximate surface area is 155 Å². The van der Waals surface area contributed by atoms with Crippen LogP contribution in [0.3, 0.4) is 0 Å². The van der Waals surface area contributed by atoms with Gasteiger partial charge in [-0.3, -0.25) is 4.79 Å². The first-order valence-corrected chi connectivity index (χ1v) is 8.67. The Bertz CT molecular complexity index is 735. The van der Waals surface area contributed by atoms with E-state index in [-0.39, 0.29) is 30.3 Å². The average molecular weight is 363 g/mol. The highest BCUT2D eigenvalue weighted by atomic mass is 35.5. The smallest absolute Gasteiger partial charge is 0.227 e. The topological polar surface area (TPSA) is 50.4 Å². The number of carbonyl (C=O) groups is 1. The van der Waals surface area contributed by atoms with Crippen LogP contribution < -0.4 is 15.4 Å². The summed E-state index contributed by atoms with van der Waals surface area (Å²) < 4.78 is 5.26. The van der Waals surface area contributed by atoms with Gasteiger partial charge in [-0.25, -0.2) is 0 Å². The van der Waals surface area contributed by atoms with Crippen LogP contribution in [0.1, 0.15) is 31.7 Å². The van der Waals surface area contributed by atoms with Crippen molar-refractivity contribution in [3.63, 3.8) is 0 Å². The lowest BCUT2D eigenvalue weighted by atomic mass is 9.92. The number of piperidine rings is 1. The highest BCUT2D eigenvalue weighted by Gasteiger charge is 2.25. The zero-order valence-electron chi connectivity index (χ0n) is 15.0. The van der Waals surface area contributed by atoms with Crippen LogP contribution in [0.25, 0.3) is 10.8 Å². The van der Waals surface area contributed by atoms with Crippen LogP contribution in [0.5, 0.6) is 5.75 Å². The molecule has 1 aliphatic rings. The summed E-state index contributed by atoms with van der Waals surface area (Å²) in [5.74, 6) is 1.31. The summed E-state index contributed by atoms with van der Waals surface area (Å²) in [6.45, 7) is 6.08. The number of amides is 1. The number of benzene rings is 2. The molecule has 136 valence electrons. The van der Waals surface area contributed by atoms with E-state index < -0.39 is 0 Å². The summed E-state index contributed by atoms with van der Waals surface area (Å²) >= 11 is 0. The average Bonchev–Trinajstić information content (AvgIpc) is 2.62. The Kier molecular flexibility index (Phi) is 6.68. The predicted octanol–water partition coefficient (Wildman–Crippen LogP) is 3.49. The van der Waals surface area contributed by atoms with Crippen molar-refractivity contribution >= 4 is 29.1 Å². The largest absolute Gasteiger partial charge is 0.497 e. The second-order valence-electron chi connectivity index (χ2n) is 6.78. The fraction of sp³-hybridized carbons (Fsp3) is 0.450. The molecule has 1 fully saturated rings. The fourth-order valence-electron chi connectivity index (χ4n) is 3.28. The van der Waals surface area contributed by atoms with Gasteiger partial charge in [0.1, 0.15) is 5.75 Å². The Morgan fingerprint density at radius 2 is 1.96 bits per heavy atom. The molecule has 5 heteroatoms. The second-order valence-corrected chi connectivity index (χ2v) is 6.78. The van der Waals surface area contributed by atoms with Crippen molar-refractivity contribution < 1.29 is 9.53 Å². The molecule has 2 aromatic rings. The van der Waals surface area contributed by atoms with E-state index in [2.05, 4.69) is 29.7 Å². The van der Waals surface area contributed by atoms with Gasteiger partial charge in [0.15, 0.2) is 0 Å². The van der Waals surface area contributed by atoms with Crippen LogP contribution >= 0.6 is 12.4 Å². The number of halogens is 1. The monoisotopic (exact) mass is 362 g/mol. The number of methoxy groups -OCH3 is 1. The molecule has 3 atom stereocenters. The number of nitrogens with one attached hydrogen (secondary N) is 2. The zero-order chi connectivity index (χ0) is 17.1. The van der Waals surface area contributed by atoms with Gasteiger partial charge in [0.25, 0.3) is 0 Å². The highest BCUT2D eigenvalue weighted by molar-refractivity contribution is 5.88. The molecule has 0 spiro atoms. The maximum absolute atomic E-state index is 12.6. The molecule has 0 saturated carbocycles. The number of fused-ring (bicyclic) bond motifs is 1. The standard InChI is InChI=1S/C20H26N2O2.ClH/c1-13-8-9-21-12-19(13)22-20(23)14(2)15-4-5-17-11-18(24-3)7-6-16(17)10-15;/h4-7,10-11,13-14,19,21H,8-9,12H2,1-3H3,(H,22,23);1H. The molecule has 1 saturated heterocycles. The summed E-state index contributed by atoms with van der Waals surface area (Å²) in [4.78, 5) is 12.6. The van der Waals surface area contributed by atoms with Gasteiger partial charge >= 0.3 is 0 Å². The van der Waals surface area contributed by atoms with Crippen LogP contribution in [0.2, 0.25) is 0 Å². The van der Waals surface area contributed by atoms with Gasteiger partial charge in [-0.05, 0) is 54.3 Å². The Morgan fingerprint density at radius 1 is 1.24 bits per heavy atom. The van der Waals surface area contributed by atoms with Crippen molar-refractivity contribution in [3.8, 4) is 5.75 Å². The van der Waals surface area contributed by atoms with Gasteiger partial charge in [-0.2, -0.15) is 0 Å². The molecule has 1 aliphatic heterocycles. The summed E-state index contributed by atoms with van der Waals surface area (Å²) in [6.07, 6.45) is 1.11. The van der Waals surface area contributed by atoms with Crippen molar-refractivity contribution in [2.45, 2.75) is 32.2 Å². The SMILES string of the molecule is COc1ccc2cc(C(C)C(=O)NC3CNCCC3C)ccc2c1.Cl. The van der Waals surface area contributed by atoms with Crippen LogP contribution in [0, 0.1) is 5.92 Å². The molecule has 1 heterocycles. The molecular weight excluding hydrogens is 336 g/mol. The second kappa shape index (κ2) is 8.54. The number of hydrogen-bond acceptors (Lipinski definition) is 3. The Morgan fingerprint density at radius 3 is 2.68 bits per heavy atom. The lowest BCUT2D eigenvalue weighted by molar-refractivity contribution is -0.123. The lowest BCUT2D eigenvalue weighted by Crippen LogP contribution is -2.51. The minimum Gasteiger partial charge on any atom is -0.497 e. The molecule has 0 aliphatic carbocycles. The predicted molar refractivity (Wildman–Crippen MR) is 105 cm³/mol. The fourth-order valence-corrected chi connectivity index (χ4v) is 3.28. The van der Waals surface area contributed by atoms with Crippen molar-refractivity contribution in [1.29, 1.82) is 0 Å². The van der Waals surface area contributed by atoms with Crippen LogP contribution in [-0.4, -0.2) is 32.1 Å². The molecule has 0 aromatic heterocycles. The van der Waals surface area contributed by atoms with Gasteiger partial charge in [-0.15, -0.1) is 12.4 Å². The quantitative estimate of drug-likeness (QED) is 0.875. The van der Waals surface area contributed by atoms with Gasteiger partial charge in [0, 0.05) is 12.6 Å². The number of hydrogen-bond donors (Lipinski definition) is 2. The third-order valence-corrected chi connectivity index (χ3v) is 5.12. The van der Waals surface area contributed by atoms with E-state index >= 15 is 0 Å². The van der Waals surface area contributed by atoms with Gasteiger partial charge in [0.05, 0.1) is 13.0 Å². The maximum Gasteiger partial charge on any atom is 0.227 e. The summed E-state index contributed by atoms with van der Waals surface area (Å²) in [5, 5.41) is 8.82. The van der Waals surface area contributed by atoms with E-state index in [0.29, 0.717) is 5.92 Å². The molecule has 3 unspecified atom stereocenters. The summed E-state index contributed by atoms with van der Waals surface area (Å²) in [5.41, 5.74) is 1.04. The lowest BCUT2D eigenvalue weighted by Gasteiger charge is -2.31. The van der Waals surface area contributed by atoms with Crippen LogP contribution in [0.4, 0.5) is 0 Å². The zero-order valence-corrected chi connectivity index (χ0v) is 15.9. The molecule has 25 heavy (non-hydrogen) atoms. The molecule has 2 aromatic carbocycles. The van der Waals surface area contributed by atoms with E-state index in [1.54, 1.807) is 7.11 Å². The molecular formula is C20H27ClN2O2.